The maximum Gasteiger partial charge on any atom is 0.326 e. The highest BCUT2D eigenvalue weighted by molar-refractivity contribution is 7.99. The second kappa shape index (κ2) is 6.31. The number of rotatable bonds is 5. The van der Waals surface area contributed by atoms with Crippen LogP contribution in [0.3, 0.4) is 0 Å². The number of carbonyl (C=O) groups is 1. The van der Waals surface area contributed by atoms with Crippen LogP contribution in [0.1, 0.15) is 19.4 Å². The minimum Gasteiger partial charge on any atom is -0.480 e. The van der Waals surface area contributed by atoms with Gasteiger partial charge in [0, 0.05) is 11.9 Å². The van der Waals surface area contributed by atoms with Crippen molar-refractivity contribution in [3.8, 4) is 6.07 Å². The summed E-state index contributed by atoms with van der Waals surface area (Å²) in [6.45, 7) is 3.62. The van der Waals surface area contributed by atoms with E-state index in [9.17, 15) is 10.1 Å². The van der Waals surface area contributed by atoms with Crippen molar-refractivity contribution in [2.45, 2.75) is 24.8 Å². The molecule has 0 aromatic heterocycles. The molecule has 0 aliphatic rings. The van der Waals surface area contributed by atoms with Crippen LogP contribution in [0, 0.1) is 11.3 Å². The first-order valence-electron chi connectivity index (χ1n) is 5.64. The quantitative estimate of drug-likeness (QED) is 0.828. The molecule has 0 aliphatic heterocycles. The molecule has 1 N–H and O–H groups in total. The molecule has 1 atom stereocenters. The van der Waals surface area contributed by atoms with E-state index in [1.165, 1.54) is 0 Å². The normalized spacial score (nSPS) is 11.7. The highest BCUT2D eigenvalue weighted by atomic mass is 32.2. The van der Waals surface area contributed by atoms with Crippen molar-refractivity contribution in [2.75, 3.05) is 17.7 Å². The number of benzene rings is 1. The largest absolute Gasteiger partial charge is 0.480 e. The van der Waals surface area contributed by atoms with Gasteiger partial charge >= 0.3 is 5.97 Å². The minimum atomic E-state index is -0.907. The molecule has 0 fully saturated rings. The summed E-state index contributed by atoms with van der Waals surface area (Å²) in [5.41, 5.74) is 1.20. The van der Waals surface area contributed by atoms with E-state index < -0.39 is 12.0 Å². The van der Waals surface area contributed by atoms with Crippen LogP contribution in [0.2, 0.25) is 0 Å². The van der Waals surface area contributed by atoms with E-state index in [1.54, 1.807) is 36.7 Å². The highest BCUT2D eigenvalue weighted by Gasteiger charge is 2.20. The predicted octanol–water partition coefficient (Wildman–Crippen LogP) is 2.58. The standard InChI is InChI=1S/C13H16N2O2S/c1-4-18-12-7-5-6-11(10(12)8-14)15(3)9(2)13(16)17/h5-7,9H,4H2,1-3H3,(H,16,17). The fourth-order valence-electron chi connectivity index (χ4n) is 1.58. The summed E-state index contributed by atoms with van der Waals surface area (Å²) in [4.78, 5) is 13.5. The third-order valence-electron chi connectivity index (χ3n) is 2.73. The van der Waals surface area contributed by atoms with E-state index in [1.807, 2.05) is 19.1 Å². The van der Waals surface area contributed by atoms with Gasteiger partial charge in [-0.1, -0.05) is 13.0 Å². The lowest BCUT2D eigenvalue weighted by Gasteiger charge is -2.25. The zero-order chi connectivity index (χ0) is 13.7. The molecule has 0 saturated carbocycles. The van der Waals surface area contributed by atoms with Crippen molar-refractivity contribution >= 4 is 23.4 Å². The number of likely N-dealkylation sites (N-methyl/N-ethyl adjacent to an activating group) is 1. The zero-order valence-corrected chi connectivity index (χ0v) is 11.5. The summed E-state index contributed by atoms with van der Waals surface area (Å²) >= 11 is 1.58. The van der Waals surface area contributed by atoms with Gasteiger partial charge in [-0.25, -0.2) is 4.79 Å². The number of thioether (sulfide) groups is 1. The smallest absolute Gasteiger partial charge is 0.326 e. The molecule has 18 heavy (non-hydrogen) atoms. The molecule has 1 unspecified atom stereocenters. The SMILES string of the molecule is CCSc1cccc(N(C)C(C)C(=O)O)c1C#N. The van der Waals surface area contributed by atoms with E-state index in [0.29, 0.717) is 11.3 Å². The van der Waals surface area contributed by atoms with Gasteiger partial charge < -0.3 is 10.0 Å². The van der Waals surface area contributed by atoms with Crippen molar-refractivity contribution in [3.63, 3.8) is 0 Å². The third kappa shape index (κ3) is 2.96. The second-order valence-corrected chi connectivity index (χ2v) is 5.13. The molecule has 1 aromatic rings. The highest BCUT2D eigenvalue weighted by Crippen LogP contribution is 2.30. The summed E-state index contributed by atoms with van der Waals surface area (Å²) in [7, 11) is 1.69. The number of aliphatic carboxylic acids is 1. The third-order valence-corrected chi connectivity index (χ3v) is 3.67. The number of nitriles is 1. The van der Waals surface area contributed by atoms with Gasteiger partial charge in [0.05, 0.1) is 11.3 Å². The monoisotopic (exact) mass is 264 g/mol. The molecule has 4 nitrogen and oxygen atoms in total. The Labute approximate surface area is 111 Å². The molecule has 0 amide bonds. The van der Waals surface area contributed by atoms with Crippen molar-refractivity contribution < 1.29 is 9.90 Å². The zero-order valence-electron chi connectivity index (χ0n) is 10.7. The van der Waals surface area contributed by atoms with Crippen LogP contribution in [0.15, 0.2) is 23.1 Å². The van der Waals surface area contributed by atoms with Gasteiger partial charge in [0.25, 0.3) is 0 Å². The lowest BCUT2D eigenvalue weighted by molar-refractivity contribution is -0.138. The Bertz CT molecular complexity index is 482. The van der Waals surface area contributed by atoms with Gasteiger partial charge in [0.2, 0.25) is 0 Å². The molecular formula is C13H16N2O2S. The van der Waals surface area contributed by atoms with E-state index in [-0.39, 0.29) is 0 Å². The molecule has 0 radical (unpaired) electrons. The number of nitrogens with zero attached hydrogens (tertiary/aromatic N) is 2. The second-order valence-electron chi connectivity index (χ2n) is 3.82. The molecular weight excluding hydrogens is 248 g/mol. The van der Waals surface area contributed by atoms with Gasteiger partial charge in [0.1, 0.15) is 12.1 Å². The number of carboxylic acid groups (broad SMARTS) is 1. The number of hydrogen-bond donors (Lipinski definition) is 1. The van der Waals surface area contributed by atoms with E-state index >= 15 is 0 Å². The van der Waals surface area contributed by atoms with E-state index in [2.05, 4.69) is 6.07 Å². The Kier molecular flexibility index (Phi) is 5.05. The minimum absolute atomic E-state index is 0.542. The average Bonchev–Trinajstić information content (AvgIpc) is 2.37. The summed E-state index contributed by atoms with van der Waals surface area (Å²) < 4.78 is 0. The first kappa shape index (κ1) is 14.4. The molecule has 1 aromatic carbocycles. The first-order valence-corrected chi connectivity index (χ1v) is 6.63. The Balaban J connectivity index is 3.20. The molecule has 0 spiro atoms. The predicted molar refractivity (Wildman–Crippen MR) is 73.1 cm³/mol. The average molecular weight is 264 g/mol. The summed E-state index contributed by atoms with van der Waals surface area (Å²) in [6.07, 6.45) is 0. The topological polar surface area (TPSA) is 64.3 Å². The van der Waals surface area contributed by atoms with Crippen LogP contribution in [0.4, 0.5) is 5.69 Å². The molecule has 5 heteroatoms. The van der Waals surface area contributed by atoms with Crippen LogP contribution >= 0.6 is 11.8 Å². The molecule has 0 heterocycles. The van der Waals surface area contributed by atoms with E-state index in [0.717, 1.165) is 10.6 Å². The van der Waals surface area contributed by atoms with Crippen LogP contribution in [-0.4, -0.2) is 29.9 Å². The van der Waals surface area contributed by atoms with Crippen LogP contribution < -0.4 is 4.90 Å². The number of carboxylic acids is 1. The van der Waals surface area contributed by atoms with Gasteiger partial charge in [0.15, 0.2) is 0 Å². The molecule has 1 rings (SSSR count). The fraction of sp³-hybridized carbons (Fsp3) is 0.385. The molecule has 0 bridgehead atoms. The lowest BCUT2D eigenvalue weighted by atomic mass is 10.1. The van der Waals surface area contributed by atoms with Crippen molar-refractivity contribution in [3.05, 3.63) is 23.8 Å². The fourth-order valence-corrected chi connectivity index (χ4v) is 2.36. The Morgan fingerprint density at radius 1 is 1.61 bits per heavy atom. The van der Waals surface area contributed by atoms with Gasteiger partial charge in [-0.2, -0.15) is 5.26 Å². The maximum absolute atomic E-state index is 11.0. The van der Waals surface area contributed by atoms with Crippen LogP contribution in [0.5, 0.6) is 0 Å². The first-order chi connectivity index (χ1) is 8.52. The maximum atomic E-state index is 11.0. The Morgan fingerprint density at radius 3 is 2.78 bits per heavy atom. The van der Waals surface area contributed by atoms with Gasteiger partial charge in [-0.3, -0.25) is 0 Å². The summed E-state index contributed by atoms with van der Waals surface area (Å²) in [6, 6.07) is 7.01. The van der Waals surface area contributed by atoms with Crippen LogP contribution in [0.25, 0.3) is 0 Å². The Morgan fingerprint density at radius 2 is 2.28 bits per heavy atom. The van der Waals surface area contributed by atoms with Crippen molar-refractivity contribution in [2.24, 2.45) is 0 Å². The molecule has 96 valence electrons. The summed E-state index contributed by atoms with van der Waals surface area (Å²) in [5, 5.41) is 18.3. The molecule has 0 aliphatic carbocycles. The summed E-state index contributed by atoms with van der Waals surface area (Å²) in [5.74, 6) is -0.0361. The lowest BCUT2D eigenvalue weighted by Crippen LogP contribution is -2.36. The van der Waals surface area contributed by atoms with Crippen molar-refractivity contribution in [1.29, 1.82) is 5.26 Å². The number of anilines is 1. The molecule has 0 saturated heterocycles. The van der Waals surface area contributed by atoms with Crippen molar-refractivity contribution in [1.82, 2.24) is 0 Å². The van der Waals surface area contributed by atoms with Gasteiger partial charge in [-0.15, -0.1) is 11.8 Å². The Hall–Kier alpha value is -1.67. The van der Waals surface area contributed by atoms with E-state index in [4.69, 9.17) is 5.11 Å². The number of hydrogen-bond acceptors (Lipinski definition) is 4. The van der Waals surface area contributed by atoms with Gasteiger partial charge in [-0.05, 0) is 24.8 Å². The van der Waals surface area contributed by atoms with Crippen LogP contribution in [-0.2, 0) is 4.79 Å².